The number of carboxylic acids is 1. The van der Waals surface area contributed by atoms with E-state index >= 15 is 0 Å². The Morgan fingerprint density at radius 2 is 1.88 bits per heavy atom. The number of rotatable bonds is 12. The zero-order chi connectivity index (χ0) is 24.5. The van der Waals surface area contributed by atoms with Gasteiger partial charge in [-0.1, -0.05) is 60.2 Å². The first-order valence-electron chi connectivity index (χ1n) is 11.0. The largest absolute Gasteiger partial charge is 0.490 e. The molecule has 1 heterocycles. The number of ether oxygens (including phenoxy) is 2. The van der Waals surface area contributed by atoms with Crippen molar-refractivity contribution in [3.63, 3.8) is 0 Å². The maximum atomic E-state index is 12.8. The Bertz CT molecular complexity index is 1070. The van der Waals surface area contributed by atoms with E-state index in [1.165, 1.54) is 11.8 Å². The van der Waals surface area contributed by atoms with Gasteiger partial charge in [-0.3, -0.25) is 14.5 Å². The lowest BCUT2D eigenvalue weighted by Crippen LogP contribution is -2.29. The standard InChI is InChI=1S/C25H26ClNO5S2/c1-2-31-21-14-18(9-12-20(21)32-16-17-7-10-19(26)11-8-17)15-22-24(30)27(25(33)34-22)13-5-3-4-6-23(28)29/h7-12,14-15H,2-6,13,16H2,1H3,(H,28,29)/b22-15+. The number of nitrogens with zero attached hydrogens (tertiary/aromatic N) is 1. The van der Waals surface area contributed by atoms with Gasteiger partial charge in [0.15, 0.2) is 11.5 Å². The van der Waals surface area contributed by atoms with Crippen molar-refractivity contribution < 1.29 is 24.2 Å². The van der Waals surface area contributed by atoms with E-state index in [1.807, 2.05) is 49.4 Å². The van der Waals surface area contributed by atoms with Crippen LogP contribution in [0.4, 0.5) is 0 Å². The number of benzene rings is 2. The predicted molar refractivity (Wildman–Crippen MR) is 139 cm³/mol. The number of hydrogen-bond acceptors (Lipinski definition) is 6. The molecule has 0 radical (unpaired) electrons. The summed E-state index contributed by atoms with van der Waals surface area (Å²) < 4.78 is 12.2. The van der Waals surface area contributed by atoms with Crippen molar-refractivity contribution in [1.82, 2.24) is 4.90 Å². The van der Waals surface area contributed by atoms with Crippen molar-refractivity contribution in [2.45, 2.75) is 39.2 Å². The molecule has 2 aromatic carbocycles. The molecule has 1 N–H and O–H groups in total. The summed E-state index contributed by atoms with van der Waals surface area (Å²) in [6.07, 6.45) is 3.97. The Morgan fingerprint density at radius 1 is 1.12 bits per heavy atom. The highest BCUT2D eigenvalue weighted by atomic mass is 35.5. The summed E-state index contributed by atoms with van der Waals surface area (Å²) in [5.74, 6) is 0.276. The first kappa shape index (κ1) is 26.1. The van der Waals surface area contributed by atoms with Crippen LogP contribution in [0.15, 0.2) is 47.4 Å². The van der Waals surface area contributed by atoms with Gasteiger partial charge in [-0.15, -0.1) is 0 Å². The smallest absolute Gasteiger partial charge is 0.303 e. The molecule has 1 saturated heterocycles. The lowest BCUT2D eigenvalue weighted by Gasteiger charge is -2.14. The molecule has 0 saturated carbocycles. The number of aliphatic carboxylic acids is 1. The third-order valence-corrected chi connectivity index (χ3v) is 6.65. The van der Waals surface area contributed by atoms with Crippen molar-refractivity contribution >= 4 is 57.9 Å². The summed E-state index contributed by atoms with van der Waals surface area (Å²) in [7, 11) is 0. The van der Waals surface area contributed by atoms with Crippen LogP contribution in [0.2, 0.25) is 5.02 Å². The molecule has 0 aliphatic carbocycles. The van der Waals surface area contributed by atoms with Crippen LogP contribution in [0.25, 0.3) is 6.08 Å². The summed E-state index contributed by atoms with van der Waals surface area (Å²) in [6, 6.07) is 13.0. The molecule has 6 nitrogen and oxygen atoms in total. The van der Waals surface area contributed by atoms with Crippen molar-refractivity contribution in [3.8, 4) is 11.5 Å². The number of amides is 1. The van der Waals surface area contributed by atoms with Gasteiger partial charge in [0.2, 0.25) is 0 Å². The minimum Gasteiger partial charge on any atom is -0.490 e. The lowest BCUT2D eigenvalue weighted by atomic mass is 10.1. The number of unbranched alkanes of at least 4 members (excludes halogenated alkanes) is 2. The molecule has 34 heavy (non-hydrogen) atoms. The average molecular weight is 520 g/mol. The molecule has 9 heteroatoms. The van der Waals surface area contributed by atoms with Crippen molar-refractivity contribution in [1.29, 1.82) is 0 Å². The molecule has 0 unspecified atom stereocenters. The molecule has 2 aromatic rings. The Labute approximate surface area is 213 Å². The number of halogens is 1. The minimum atomic E-state index is -0.804. The Kier molecular flexibility index (Phi) is 9.80. The molecule has 1 amide bonds. The molecule has 1 fully saturated rings. The maximum absolute atomic E-state index is 12.8. The van der Waals surface area contributed by atoms with E-state index in [4.69, 9.17) is 38.4 Å². The van der Waals surface area contributed by atoms with Gasteiger partial charge in [-0.25, -0.2) is 0 Å². The van der Waals surface area contributed by atoms with E-state index < -0.39 is 5.97 Å². The summed E-state index contributed by atoms with van der Waals surface area (Å²) in [4.78, 5) is 25.6. The van der Waals surface area contributed by atoms with E-state index in [0.717, 1.165) is 17.5 Å². The highest BCUT2D eigenvalue weighted by Crippen LogP contribution is 2.35. The van der Waals surface area contributed by atoms with Crippen LogP contribution in [-0.2, 0) is 16.2 Å². The zero-order valence-corrected chi connectivity index (χ0v) is 21.2. The number of carbonyl (C=O) groups excluding carboxylic acids is 1. The second kappa shape index (κ2) is 12.8. The number of hydrogen-bond donors (Lipinski definition) is 1. The van der Waals surface area contributed by atoms with Crippen LogP contribution in [0, 0.1) is 0 Å². The van der Waals surface area contributed by atoms with Crippen LogP contribution < -0.4 is 9.47 Å². The van der Waals surface area contributed by atoms with E-state index in [0.29, 0.717) is 58.3 Å². The first-order chi connectivity index (χ1) is 16.4. The molecule has 1 aliphatic rings. The van der Waals surface area contributed by atoms with E-state index in [2.05, 4.69) is 0 Å². The van der Waals surface area contributed by atoms with Crippen LogP contribution in [0.5, 0.6) is 11.5 Å². The summed E-state index contributed by atoms with van der Waals surface area (Å²) in [6.45, 7) is 3.24. The summed E-state index contributed by atoms with van der Waals surface area (Å²) in [5.41, 5.74) is 1.80. The fraction of sp³-hybridized carbons (Fsp3) is 0.320. The van der Waals surface area contributed by atoms with Crippen LogP contribution in [0.1, 0.15) is 43.7 Å². The quantitative estimate of drug-likeness (QED) is 0.204. The topological polar surface area (TPSA) is 76.1 Å². The summed E-state index contributed by atoms with van der Waals surface area (Å²) >= 11 is 12.6. The van der Waals surface area contributed by atoms with Crippen molar-refractivity contribution in [3.05, 3.63) is 63.5 Å². The van der Waals surface area contributed by atoms with E-state index in [9.17, 15) is 9.59 Å². The van der Waals surface area contributed by atoms with Gasteiger partial charge in [0.05, 0.1) is 11.5 Å². The number of carbonyl (C=O) groups is 2. The number of thioether (sulfide) groups is 1. The average Bonchev–Trinajstić information content (AvgIpc) is 3.06. The molecule has 0 spiro atoms. The molecule has 0 atom stereocenters. The SMILES string of the molecule is CCOc1cc(/C=C2/SC(=S)N(CCCCCC(=O)O)C2=O)ccc1OCc1ccc(Cl)cc1. The van der Waals surface area contributed by atoms with Crippen LogP contribution in [-0.4, -0.2) is 39.4 Å². The molecular formula is C25H26ClNO5S2. The molecule has 0 aromatic heterocycles. The highest BCUT2D eigenvalue weighted by molar-refractivity contribution is 8.26. The van der Waals surface area contributed by atoms with Gasteiger partial charge in [0, 0.05) is 18.0 Å². The number of carboxylic acid groups (broad SMARTS) is 1. The molecule has 1 aliphatic heterocycles. The molecular weight excluding hydrogens is 494 g/mol. The fourth-order valence-electron chi connectivity index (χ4n) is 3.31. The van der Waals surface area contributed by atoms with Gasteiger partial charge < -0.3 is 14.6 Å². The second-order valence-electron chi connectivity index (χ2n) is 7.59. The molecule has 180 valence electrons. The third-order valence-electron chi connectivity index (χ3n) is 5.02. The zero-order valence-electron chi connectivity index (χ0n) is 18.8. The number of thiocarbonyl (C=S) groups is 1. The second-order valence-corrected chi connectivity index (χ2v) is 9.70. The highest BCUT2D eigenvalue weighted by Gasteiger charge is 2.31. The van der Waals surface area contributed by atoms with Crippen LogP contribution in [0.3, 0.4) is 0 Å². The van der Waals surface area contributed by atoms with Crippen molar-refractivity contribution in [2.75, 3.05) is 13.2 Å². The molecule has 3 rings (SSSR count). The Hall–Kier alpha value is -2.55. The van der Waals surface area contributed by atoms with Gasteiger partial charge in [-0.05, 0) is 61.2 Å². The normalized spacial score (nSPS) is 14.6. The third kappa shape index (κ3) is 7.48. The summed E-state index contributed by atoms with van der Waals surface area (Å²) in [5, 5.41) is 9.40. The van der Waals surface area contributed by atoms with E-state index in [-0.39, 0.29) is 12.3 Å². The Balaban J connectivity index is 1.65. The van der Waals surface area contributed by atoms with Crippen molar-refractivity contribution in [2.24, 2.45) is 0 Å². The van der Waals surface area contributed by atoms with Gasteiger partial charge in [0.1, 0.15) is 10.9 Å². The van der Waals surface area contributed by atoms with E-state index in [1.54, 1.807) is 11.0 Å². The van der Waals surface area contributed by atoms with Crippen LogP contribution >= 0.6 is 35.6 Å². The molecule has 0 bridgehead atoms. The predicted octanol–water partition coefficient (Wildman–Crippen LogP) is 6.16. The van der Waals surface area contributed by atoms with Gasteiger partial charge in [0.25, 0.3) is 5.91 Å². The fourth-order valence-corrected chi connectivity index (χ4v) is 4.75. The first-order valence-corrected chi connectivity index (χ1v) is 12.6. The maximum Gasteiger partial charge on any atom is 0.303 e. The van der Waals surface area contributed by atoms with Gasteiger partial charge in [-0.2, -0.15) is 0 Å². The minimum absolute atomic E-state index is 0.130. The monoisotopic (exact) mass is 519 g/mol. The van der Waals surface area contributed by atoms with Gasteiger partial charge >= 0.3 is 5.97 Å². The lowest BCUT2D eigenvalue weighted by molar-refractivity contribution is -0.137. The Morgan fingerprint density at radius 3 is 2.59 bits per heavy atom.